The molecular weight excluding hydrogens is 313 g/mol. The summed E-state index contributed by atoms with van der Waals surface area (Å²) in [5.74, 6) is 0.141. The molecule has 0 aliphatic heterocycles. The van der Waals surface area contributed by atoms with Gasteiger partial charge in [-0.2, -0.15) is 21.6 Å². The fourth-order valence-corrected chi connectivity index (χ4v) is 1.12. The van der Waals surface area contributed by atoms with Gasteiger partial charge >= 0.3 is 15.6 Å². The van der Waals surface area contributed by atoms with E-state index in [9.17, 15) is 18.0 Å². The Hall–Kier alpha value is -0.970. The van der Waals surface area contributed by atoms with E-state index in [0.29, 0.717) is 23.1 Å². The molecule has 0 aliphatic carbocycles. The summed E-state index contributed by atoms with van der Waals surface area (Å²) in [6.45, 7) is 7.54. The minimum atomic E-state index is -5.84. The Balaban J connectivity index is 0. The van der Waals surface area contributed by atoms with Gasteiger partial charge in [0.05, 0.1) is 20.6 Å². The molecule has 0 heterocycles. The van der Waals surface area contributed by atoms with Gasteiger partial charge in [0.1, 0.15) is 6.54 Å². The Bertz CT molecular complexity index is 459. The average Bonchev–Trinajstić information content (AvgIpc) is 2.23. The fraction of sp³-hybridized carbons (Fsp3) is 0.727. The van der Waals surface area contributed by atoms with Crippen LogP contribution in [0.3, 0.4) is 0 Å². The molecule has 0 radical (unpaired) electrons. The van der Waals surface area contributed by atoms with Crippen LogP contribution in [0.2, 0.25) is 0 Å². The number of ketones is 1. The normalized spacial score (nSPS) is 12.4. The molecule has 0 aromatic rings. The maximum Gasteiger partial charge on any atom is 0.522 e. The second kappa shape index (κ2) is 8.47. The van der Waals surface area contributed by atoms with Gasteiger partial charge in [-0.05, 0) is 19.0 Å². The predicted octanol–water partition coefficient (Wildman–Crippen LogP) is 0.951. The maximum atomic E-state index is 11.4. The Labute approximate surface area is 122 Å². The van der Waals surface area contributed by atoms with Crippen molar-refractivity contribution in [3.05, 3.63) is 12.2 Å². The van der Waals surface area contributed by atoms with Crippen molar-refractivity contribution in [2.24, 2.45) is 5.73 Å². The molecule has 0 atom stereocenters. The molecule has 0 spiro atoms. The highest BCUT2D eigenvalue weighted by molar-refractivity contribution is 7.86. The molecule has 0 aromatic carbocycles. The van der Waals surface area contributed by atoms with Crippen molar-refractivity contribution in [1.82, 2.24) is 0 Å². The molecule has 0 unspecified atom stereocenters. The van der Waals surface area contributed by atoms with Crippen LogP contribution in [0, 0.1) is 0 Å². The van der Waals surface area contributed by atoms with Gasteiger partial charge < -0.3 is 10.2 Å². The zero-order valence-corrected chi connectivity index (χ0v) is 13.1. The summed E-state index contributed by atoms with van der Waals surface area (Å²) in [5.41, 5.74) is 0.517. The third-order valence-electron chi connectivity index (χ3n) is 2.31. The van der Waals surface area contributed by atoms with Crippen molar-refractivity contribution < 1.29 is 35.4 Å². The Morgan fingerprint density at radius 2 is 1.71 bits per heavy atom. The smallest absolute Gasteiger partial charge is 0.330 e. The van der Waals surface area contributed by atoms with E-state index < -0.39 is 15.6 Å². The topological polar surface area (TPSA) is 97.5 Å². The third-order valence-corrected chi connectivity index (χ3v) is 2.89. The first-order valence-electron chi connectivity index (χ1n) is 5.88. The molecule has 0 aromatic heterocycles. The molecule has 6 nitrogen and oxygen atoms in total. The lowest BCUT2D eigenvalue weighted by atomic mass is 10.2. The van der Waals surface area contributed by atoms with Crippen molar-refractivity contribution in [3.8, 4) is 0 Å². The highest BCUT2D eigenvalue weighted by Crippen LogP contribution is 2.20. The van der Waals surface area contributed by atoms with Crippen LogP contribution >= 0.6 is 0 Å². The van der Waals surface area contributed by atoms with Gasteiger partial charge in [0.15, 0.2) is 0 Å². The number of nitrogens with zero attached hydrogens (tertiary/aromatic N) is 1. The largest absolute Gasteiger partial charge is 0.522 e. The quantitative estimate of drug-likeness (QED) is 0.326. The molecular formula is C11H22F3N2O4S+. The van der Waals surface area contributed by atoms with Gasteiger partial charge in [-0.25, -0.2) is 0 Å². The fourth-order valence-electron chi connectivity index (χ4n) is 1.12. The highest BCUT2D eigenvalue weighted by Gasteiger charge is 2.44. The van der Waals surface area contributed by atoms with Crippen LogP contribution in [-0.4, -0.2) is 62.5 Å². The van der Waals surface area contributed by atoms with Gasteiger partial charge in [-0.1, -0.05) is 6.58 Å². The number of Topliss-reactive ketones (excluding diaryl/α,β-unsaturated/α-hetero) is 1. The number of quaternary nitrogens is 1. The number of carbonyl (C=O) groups is 1. The summed E-state index contributed by atoms with van der Waals surface area (Å²) in [6.07, 6.45) is 0.955. The molecule has 21 heavy (non-hydrogen) atoms. The number of likely N-dealkylation sites (N-methyl/N-ethyl adjacent to an activating group) is 1. The van der Waals surface area contributed by atoms with Gasteiger partial charge in [-0.3, -0.25) is 9.35 Å². The van der Waals surface area contributed by atoms with Crippen LogP contribution in [0.25, 0.3) is 0 Å². The maximum absolute atomic E-state index is 11.4. The molecule has 0 bridgehead atoms. The summed E-state index contributed by atoms with van der Waals surface area (Å²) >= 11 is 0. The minimum Gasteiger partial charge on any atom is -0.330 e. The molecule has 10 heteroatoms. The lowest BCUT2D eigenvalue weighted by Crippen LogP contribution is -2.45. The van der Waals surface area contributed by atoms with Gasteiger partial charge in [0.2, 0.25) is 5.78 Å². The molecule has 0 amide bonds. The highest BCUT2D eigenvalue weighted by atomic mass is 32.2. The minimum absolute atomic E-state index is 0.141. The van der Waals surface area contributed by atoms with Gasteiger partial charge in [-0.15, -0.1) is 0 Å². The monoisotopic (exact) mass is 335 g/mol. The van der Waals surface area contributed by atoms with Crippen molar-refractivity contribution in [2.45, 2.75) is 18.9 Å². The summed E-state index contributed by atoms with van der Waals surface area (Å²) in [6, 6.07) is 0. The number of hydrogen-bond donors (Lipinski definition) is 2. The third kappa shape index (κ3) is 11.4. The first kappa shape index (κ1) is 22.3. The predicted molar refractivity (Wildman–Crippen MR) is 72.9 cm³/mol. The van der Waals surface area contributed by atoms with Crippen LogP contribution in [0.1, 0.15) is 13.3 Å². The molecule has 0 aliphatic rings. The van der Waals surface area contributed by atoms with E-state index in [1.165, 1.54) is 0 Å². The van der Waals surface area contributed by atoms with E-state index in [1.54, 1.807) is 6.92 Å². The molecule has 0 fully saturated rings. The summed E-state index contributed by atoms with van der Waals surface area (Å²) < 4.78 is 58.2. The van der Waals surface area contributed by atoms with Gasteiger partial charge in [0, 0.05) is 6.42 Å². The van der Waals surface area contributed by atoms with Crippen molar-refractivity contribution >= 4 is 15.9 Å². The van der Waals surface area contributed by atoms with Crippen molar-refractivity contribution in [3.63, 3.8) is 0 Å². The average molecular weight is 335 g/mol. The van der Waals surface area contributed by atoms with E-state index in [-0.39, 0.29) is 5.78 Å². The number of rotatable bonds is 6. The standard InChI is InChI=1S/C10H21N2O.CHF3O3S/c1-9(2)10(13)8-12(3,4)7-5-6-11;2-1(3,4)8(5,6)7/h1,5-8,11H2,2-4H3;(H,5,6,7)/q+1;. The van der Waals surface area contributed by atoms with Crippen LogP contribution in [0.5, 0.6) is 0 Å². The van der Waals surface area contributed by atoms with Crippen LogP contribution in [-0.2, 0) is 14.9 Å². The SMILES string of the molecule is C=C(C)C(=O)C[N+](C)(C)CCCN.O=S(=O)(O)C(F)(F)F. The molecule has 0 rings (SSSR count). The first-order chi connectivity index (χ1) is 9.14. The Morgan fingerprint density at radius 1 is 1.33 bits per heavy atom. The van der Waals surface area contributed by atoms with Crippen LogP contribution in [0.15, 0.2) is 12.2 Å². The van der Waals surface area contributed by atoms with E-state index in [2.05, 4.69) is 6.58 Å². The molecule has 3 N–H and O–H groups in total. The second-order valence-electron chi connectivity index (χ2n) is 5.08. The molecule has 0 saturated heterocycles. The van der Waals surface area contributed by atoms with E-state index in [4.69, 9.17) is 18.7 Å². The zero-order valence-electron chi connectivity index (χ0n) is 12.3. The first-order valence-corrected chi connectivity index (χ1v) is 7.32. The Kier molecular flexibility index (Phi) is 9.00. The molecule has 0 saturated carbocycles. The summed E-state index contributed by atoms with van der Waals surface area (Å²) in [4.78, 5) is 11.4. The number of alkyl halides is 3. The van der Waals surface area contributed by atoms with E-state index in [1.807, 2.05) is 14.1 Å². The number of hydrogen-bond acceptors (Lipinski definition) is 4. The van der Waals surface area contributed by atoms with Crippen molar-refractivity contribution in [2.75, 3.05) is 33.7 Å². The Morgan fingerprint density at radius 3 is 1.95 bits per heavy atom. The number of halogens is 3. The van der Waals surface area contributed by atoms with Crippen LogP contribution in [0.4, 0.5) is 13.2 Å². The van der Waals surface area contributed by atoms with Crippen molar-refractivity contribution in [1.29, 1.82) is 0 Å². The lowest BCUT2D eigenvalue weighted by Gasteiger charge is -2.28. The van der Waals surface area contributed by atoms with Gasteiger partial charge in [0.25, 0.3) is 0 Å². The van der Waals surface area contributed by atoms with E-state index >= 15 is 0 Å². The number of carbonyl (C=O) groups excluding carboxylic acids is 1. The number of nitrogens with two attached hydrogens (primary N) is 1. The van der Waals surface area contributed by atoms with E-state index in [0.717, 1.165) is 13.0 Å². The second-order valence-corrected chi connectivity index (χ2v) is 6.50. The van der Waals surface area contributed by atoms with Crippen LogP contribution < -0.4 is 5.73 Å². The summed E-state index contributed by atoms with van der Waals surface area (Å²) in [7, 11) is -1.76. The zero-order chi connectivity index (χ0) is 17.5. The molecule has 126 valence electrons. The summed E-state index contributed by atoms with van der Waals surface area (Å²) in [5, 5.41) is 0. The lowest BCUT2D eigenvalue weighted by molar-refractivity contribution is -0.882.